The second kappa shape index (κ2) is 8.55. The third-order valence-corrected chi connectivity index (χ3v) is 4.44. The van der Waals surface area contributed by atoms with Gasteiger partial charge in [-0.3, -0.25) is 4.79 Å². The molecule has 0 aliphatic heterocycles. The van der Waals surface area contributed by atoms with Gasteiger partial charge >= 0.3 is 5.97 Å². The molecule has 3 rings (SSSR count). The van der Waals surface area contributed by atoms with E-state index in [1.807, 2.05) is 24.3 Å². The van der Waals surface area contributed by atoms with Crippen LogP contribution >= 0.6 is 15.9 Å². The van der Waals surface area contributed by atoms with Crippen molar-refractivity contribution in [2.24, 2.45) is 0 Å². The van der Waals surface area contributed by atoms with E-state index in [4.69, 9.17) is 14.4 Å². The summed E-state index contributed by atoms with van der Waals surface area (Å²) in [5, 5.41) is 12.6. The van der Waals surface area contributed by atoms with E-state index < -0.39 is 5.97 Å². The van der Waals surface area contributed by atoms with Crippen LogP contribution in [0.4, 0.5) is 5.69 Å². The van der Waals surface area contributed by atoms with E-state index in [-0.39, 0.29) is 23.8 Å². The number of hydrogen-bond acceptors (Lipinski definition) is 5. The Labute approximate surface area is 169 Å². The number of hydrogen-bond donors (Lipinski definition) is 1. The first kappa shape index (κ1) is 19.4. The molecule has 6 nitrogen and oxygen atoms in total. The Balaban J connectivity index is 1.74. The number of furan rings is 1. The highest BCUT2D eigenvalue weighted by atomic mass is 79.9. The number of amides is 1. The van der Waals surface area contributed by atoms with E-state index in [1.54, 1.807) is 37.3 Å². The van der Waals surface area contributed by atoms with Crippen molar-refractivity contribution < 1.29 is 18.7 Å². The number of fused-ring (bicyclic) bond motifs is 1. The number of para-hydroxylation sites is 1. The van der Waals surface area contributed by atoms with Crippen LogP contribution in [0.1, 0.15) is 23.0 Å². The van der Waals surface area contributed by atoms with Crippen LogP contribution < -0.4 is 5.32 Å². The SMILES string of the molecule is CCOC(=O)/C(C#N)=C/c1ccc(NC(=O)c2cc3cccc(Br)c3o2)cc1. The fourth-order valence-corrected chi connectivity index (χ4v) is 2.97. The maximum absolute atomic E-state index is 12.4. The molecule has 1 aromatic heterocycles. The lowest BCUT2D eigenvalue weighted by Crippen LogP contribution is -2.10. The van der Waals surface area contributed by atoms with E-state index in [9.17, 15) is 9.59 Å². The number of nitrogens with one attached hydrogen (secondary N) is 1. The normalized spacial score (nSPS) is 11.1. The van der Waals surface area contributed by atoms with Crippen LogP contribution in [-0.2, 0) is 9.53 Å². The smallest absolute Gasteiger partial charge is 0.348 e. The Morgan fingerprint density at radius 1 is 1.25 bits per heavy atom. The average Bonchev–Trinajstić information content (AvgIpc) is 3.13. The number of anilines is 1. The predicted octanol–water partition coefficient (Wildman–Crippen LogP) is 4.92. The van der Waals surface area contributed by atoms with Crippen molar-refractivity contribution in [1.29, 1.82) is 5.26 Å². The molecule has 0 fully saturated rings. The molecule has 1 amide bonds. The third kappa shape index (κ3) is 4.30. The highest BCUT2D eigenvalue weighted by Gasteiger charge is 2.14. The second-order valence-corrected chi connectivity index (χ2v) is 6.59. The Morgan fingerprint density at radius 3 is 2.64 bits per heavy atom. The Kier molecular flexibility index (Phi) is 5.92. The first-order valence-electron chi connectivity index (χ1n) is 8.40. The average molecular weight is 439 g/mol. The molecule has 3 aromatic rings. The van der Waals surface area contributed by atoms with Gasteiger partial charge in [-0.1, -0.05) is 24.3 Å². The summed E-state index contributed by atoms with van der Waals surface area (Å²) >= 11 is 3.39. The molecule has 0 saturated heterocycles. The van der Waals surface area contributed by atoms with E-state index in [2.05, 4.69) is 21.2 Å². The molecular weight excluding hydrogens is 424 g/mol. The molecular formula is C21H15BrN2O4. The maximum Gasteiger partial charge on any atom is 0.348 e. The van der Waals surface area contributed by atoms with Crippen molar-refractivity contribution in [2.45, 2.75) is 6.92 Å². The fraction of sp³-hybridized carbons (Fsp3) is 0.0952. The number of carbonyl (C=O) groups excluding carboxylic acids is 2. The van der Waals surface area contributed by atoms with E-state index in [0.29, 0.717) is 16.8 Å². The van der Waals surface area contributed by atoms with Crippen molar-refractivity contribution in [1.82, 2.24) is 0 Å². The summed E-state index contributed by atoms with van der Waals surface area (Å²) in [5.74, 6) is -0.853. The molecule has 1 N–H and O–H groups in total. The van der Waals surface area contributed by atoms with Gasteiger partial charge in [-0.25, -0.2) is 4.79 Å². The summed E-state index contributed by atoms with van der Waals surface area (Å²) in [7, 11) is 0. The van der Waals surface area contributed by atoms with E-state index in [0.717, 1.165) is 9.86 Å². The van der Waals surface area contributed by atoms with Gasteiger partial charge < -0.3 is 14.5 Å². The molecule has 0 unspecified atom stereocenters. The van der Waals surface area contributed by atoms with Crippen LogP contribution in [0, 0.1) is 11.3 Å². The molecule has 140 valence electrons. The number of halogens is 1. The third-order valence-electron chi connectivity index (χ3n) is 3.82. The van der Waals surface area contributed by atoms with E-state index >= 15 is 0 Å². The Bertz CT molecular complexity index is 1110. The zero-order valence-electron chi connectivity index (χ0n) is 14.9. The van der Waals surface area contributed by atoms with Gasteiger partial charge in [0, 0.05) is 11.1 Å². The fourth-order valence-electron chi connectivity index (χ4n) is 2.51. The zero-order chi connectivity index (χ0) is 20.1. The van der Waals surface area contributed by atoms with Gasteiger partial charge in [0.05, 0.1) is 11.1 Å². The van der Waals surface area contributed by atoms with Crippen molar-refractivity contribution in [2.75, 3.05) is 11.9 Å². The predicted molar refractivity (Wildman–Crippen MR) is 109 cm³/mol. The van der Waals surface area contributed by atoms with Gasteiger partial charge in [0.1, 0.15) is 17.2 Å². The molecule has 28 heavy (non-hydrogen) atoms. The number of ether oxygens (including phenoxy) is 1. The first-order valence-corrected chi connectivity index (χ1v) is 9.19. The van der Waals surface area contributed by atoms with Gasteiger partial charge in [0.2, 0.25) is 0 Å². The largest absolute Gasteiger partial charge is 0.462 e. The minimum atomic E-state index is -0.668. The highest BCUT2D eigenvalue weighted by Crippen LogP contribution is 2.27. The number of carbonyl (C=O) groups is 2. The molecule has 7 heteroatoms. The lowest BCUT2D eigenvalue weighted by Gasteiger charge is -2.04. The van der Waals surface area contributed by atoms with Crippen molar-refractivity contribution in [3.8, 4) is 6.07 Å². The molecule has 2 aromatic carbocycles. The van der Waals surface area contributed by atoms with Crippen molar-refractivity contribution >= 4 is 50.5 Å². The minimum absolute atomic E-state index is 0.0912. The zero-order valence-corrected chi connectivity index (χ0v) is 16.4. The standard InChI is InChI=1S/C21H15BrN2O4/c1-2-27-21(26)15(12-23)10-13-6-8-16(9-7-13)24-20(25)18-11-14-4-3-5-17(22)19(14)28-18/h3-11H,2H2,1H3,(H,24,25)/b15-10+. The van der Waals surface area contributed by atoms with Crippen LogP contribution in [0.25, 0.3) is 17.0 Å². The number of nitrogens with zero attached hydrogens (tertiary/aromatic N) is 1. The summed E-state index contributed by atoms with van der Waals surface area (Å²) in [6, 6.07) is 15.8. The molecule has 0 spiro atoms. The molecule has 0 aliphatic carbocycles. The summed E-state index contributed by atoms with van der Waals surface area (Å²) in [5.41, 5.74) is 1.70. The number of rotatable bonds is 5. The molecule has 1 heterocycles. The summed E-state index contributed by atoms with van der Waals surface area (Å²) in [4.78, 5) is 24.1. The lowest BCUT2D eigenvalue weighted by atomic mass is 10.1. The van der Waals surface area contributed by atoms with Crippen LogP contribution in [0.15, 0.2) is 63.0 Å². The van der Waals surface area contributed by atoms with Crippen molar-refractivity contribution in [3.63, 3.8) is 0 Å². The Morgan fingerprint density at radius 2 is 2.00 bits per heavy atom. The molecule has 0 atom stereocenters. The molecule has 0 bridgehead atoms. The summed E-state index contributed by atoms with van der Waals surface area (Å²) < 4.78 is 11.2. The molecule has 0 aliphatic rings. The minimum Gasteiger partial charge on any atom is -0.462 e. The molecule has 0 saturated carbocycles. The van der Waals surface area contributed by atoms with Gasteiger partial charge in [0.15, 0.2) is 5.76 Å². The van der Waals surface area contributed by atoms with Gasteiger partial charge in [0.25, 0.3) is 5.91 Å². The Hall–Kier alpha value is -3.37. The number of benzene rings is 2. The topological polar surface area (TPSA) is 92.3 Å². The van der Waals surface area contributed by atoms with Crippen molar-refractivity contribution in [3.05, 3.63) is 69.9 Å². The van der Waals surface area contributed by atoms with Crippen LogP contribution in [-0.4, -0.2) is 18.5 Å². The first-order chi connectivity index (χ1) is 13.5. The van der Waals surface area contributed by atoms with Crippen LogP contribution in [0.2, 0.25) is 0 Å². The maximum atomic E-state index is 12.4. The van der Waals surface area contributed by atoms with Crippen LogP contribution in [0.3, 0.4) is 0 Å². The number of nitriles is 1. The molecule has 0 radical (unpaired) electrons. The number of esters is 1. The quantitative estimate of drug-likeness (QED) is 0.346. The highest BCUT2D eigenvalue weighted by molar-refractivity contribution is 9.10. The van der Waals surface area contributed by atoms with Gasteiger partial charge in [-0.05, 0) is 58.8 Å². The van der Waals surface area contributed by atoms with Crippen LogP contribution in [0.5, 0.6) is 0 Å². The van der Waals surface area contributed by atoms with E-state index in [1.165, 1.54) is 6.08 Å². The summed E-state index contributed by atoms with van der Waals surface area (Å²) in [6.45, 7) is 1.87. The summed E-state index contributed by atoms with van der Waals surface area (Å²) in [6.07, 6.45) is 1.43. The second-order valence-electron chi connectivity index (χ2n) is 5.74. The van der Waals surface area contributed by atoms with Gasteiger partial charge in [-0.2, -0.15) is 5.26 Å². The monoisotopic (exact) mass is 438 g/mol. The van der Waals surface area contributed by atoms with Gasteiger partial charge in [-0.15, -0.1) is 0 Å². The lowest BCUT2D eigenvalue weighted by molar-refractivity contribution is -0.137.